The molecule has 1 saturated heterocycles. The number of rotatable bonds is 6. The Balaban J connectivity index is 1.26. The molecule has 1 fully saturated rings. The van der Waals surface area contributed by atoms with Crippen LogP contribution in [0.15, 0.2) is 47.1 Å². The molecule has 6 nitrogen and oxygen atoms in total. The van der Waals surface area contributed by atoms with Crippen molar-refractivity contribution in [3.63, 3.8) is 0 Å². The third-order valence-electron chi connectivity index (χ3n) is 5.40. The first kappa shape index (κ1) is 17.8. The first-order valence-corrected chi connectivity index (χ1v) is 9.62. The van der Waals surface area contributed by atoms with Gasteiger partial charge in [-0.3, -0.25) is 9.69 Å². The predicted molar refractivity (Wildman–Crippen MR) is 104 cm³/mol. The van der Waals surface area contributed by atoms with Crippen molar-refractivity contribution in [3.8, 4) is 0 Å². The summed E-state index contributed by atoms with van der Waals surface area (Å²) in [5.74, 6) is 2.55. The summed E-state index contributed by atoms with van der Waals surface area (Å²) in [4.78, 5) is 19.0. The van der Waals surface area contributed by atoms with Gasteiger partial charge in [-0.15, -0.1) is 0 Å². The van der Waals surface area contributed by atoms with Crippen LogP contribution in [0.1, 0.15) is 24.4 Å². The van der Waals surface area contributed by atoms with Crippen molar-refractivity contribution in [1.29, 1.82) is 0 Å². The molecule has 1 amide bonds. The van der Waals surface area contributed by atoms with Crippen LogP contribution in [0.4, 0.5) is 0 Å². The third-order valence-corrected chi connectivity index (χ3v) is 5.40. The van der Waals surface area contributed by atoms with Gasteiger partial charge in [-0.05, 0) is 63.0 Å². The monoisotopic (exact) mass is 366 g/mol. The van der Waals surface area contributed by atoms with Crippen molar-refractivity contribution in [1.82, 2.24) is 19.8 Å². The van der Waals surface area contributed by atoms with Crippen LogP contribution >= 0.6 is 0 Å². The number of furan rings is 1. The molecule has 0 radical (unpaired) electrons. The number of nitrogens with zero attached hydrogens (tertiary/aromatic N) is 3. The van der Waals surface area contributed by atoms with Crippen LogP contribution < -0.4 is 5.32 Å². The highest BCUT2D eigenvalue weighted by Gasteiger charge is 2.22. The zero-order valence-corrected chi connectivity index (χ0v) is 15.7. The van der Waals surface area contributed by atoms with Crippen LogP contribution in [0.25, 0.3) is 11.0 Å². The molecule has 0 spiro atoms. The van der Waals surface area contributed by atoms with E-state index in [-0.39, 0.29) is 5.91 Å². The van der Waals surface area contributed by atoms with E-state index in [2.05, 4.69) is 44.9 Å². The van der Waals surface area contributed by atoms with Gasteiger partial charge in [0.1, 0.15) is 11.6 Å². The molecule has 3 heterocycles. The standard InChI is InChI=1S/C21H26N4O2/c1-16-23-19-6-2-3-7-20(19)25(16)14-17-8-10-24(11-9-17)15-21(26)22-13-18-5-4-12-27-18/h2-7,12,17H,8-11,13-15H2,1H3,(H,22,26). The highest BCUT2D eigenvalue weighted by atomic mass is 16.3. The minimum absolute atomic E-state index is 0.0568. The van der Waals surface area contributed by atoms with E-state index in [0.29, 0.717) is 19.0 Å². The molecular formula is C21H26N4O2. The number of para-hydroxylation sites is 2. The van der Waals surface area contributed by atoms with Gasteiger partial charge in [0.15, 0.2) is 0 Å². The molecule has 0 saturated carbocycles. The smallest absolute Gasteiger partial charge is 0.234 e. The quantitative estimate of drug-likeness (QED) is 0.728. The second kappa shape index (κ2) is 7.96. The van der Waals surface area contributed by atoms with E-state index in [1.54, 1.807) is 6.26 Å². The van der Waals surface area contributed by atoms with Crippen LogP contribution in [-0.2, 0) is 17.9 Å². The molecule has 1 N–H and O–H groups in total. The zero-order chi connectivity index (χ0) is 18.6. The maximum Gasteiger partial charge on any atom is 0.234 e. The first-order valence-electron chi connectivity index (χ1n) is 9.62. The number of benzene rings is 1. The summed E-state index contributed by atoms with van der Waals surface area (Å²) in [6.45, 7) is 5.92. The van der Waals surface area contributed by atoms with Gasteiger partial charge in [-0.25, -0.2) is 4.98 Å². The number of likely N-dealkylation sites (tertiary alicyclic amines) is 1. The summed E-state index contributed by atoms with van der Waals surface area (Å²) in [6.07, 6.45) is 3.84. The Morgan fingerprint density at radius 1 is 1.22 bits per heavy atom. The van der Waals surface area contributed by atoms with Gasteiger partial charge < -0.3 is 14.3 Å². The van der Waals surface area contributed by atoms with Gasteiger partial charge in [0, 0.05) is 6.54 Å². The van der Waals surface area contributed by atoms with Crippen LogP contribution in [0.5, 0.6) is 0 Å². The molecule has 27 heavy (non-hydrogen) atoms. The molecule has 0 bridgehead atoms. The van der Waals surface area contributed by atoms with Crippen molar-refractivity contribution < 1.29 is 9.21 Å². The molecule has 1 aliphatic rings. The number of carbonyl (C=O) groups is 1. The summed E-state index contributed by atoms with van der Waals surface area (Å²) < 4.78 is 7.58. The summed E-state index contributed by atoms with van der Waals surface area (Å²) in [6, 6.07) is 12.0. The van der Waals surface area contributed by atoms with E-state index in [4.69, 9.17) is 4.42 Å². The molecular weight excluding hydrogens is 340 g/mol. The highest BCUT2D eigenvalue weighted by molar-refractivity contribution is 5.78. The summed E-state index contributed by atoms with van der Waals surface area (Å²) in [7, 11) is 0. The average Bonchev–Trinajstić information content (AvgIpc) is 3.30. The fourth-order valence-electron chi connectivity index (χ4n) is 3.87. The predicted octanol–water partition coefficient (Wildman–Crippen LogP) is 2.97. The van der Waals surface area contributed by atoms with Gasteiger partial charge in [-0.1, -0.05) is 12.1 Å². The molecule has 142 valence electrons. The maximum atomic E-state index is 12.1. The lowest BCUT2D eigenvalue weighted by molar-refractivity contribution is -0.122. The minimum Gasteiger partial charge on any atom is -0.467 e. The Kier molecular flexibility index (Phi) is 5.25. The van der Waals surface area contributed by atoms with Gasteiger partial charge in [0.2, 0.25) is 5.91 Å². The van der Waals surface area contributed by atoms with Gasteiger partial charge in [0.05, 0.1) is 30.4 Å². The van der Waals surface area contributed by atoms with Crippen molar-refractivity contribution in [2.45, 2.75) is 32.9 Å². The van der Waals surface area contributed by atoms with Crippen LogP contribution in [0.2, 0.25) is 0 Å². The Hall–Kier alpha value is -2.60. The van der Waals surface area contributed by atoms with Crippen molar-refractivity contribution in [2.75, 3.05) is 19.6 Å². The lowest BCUT2D eigenvalue weighted by Crippen LogP contribution is -2.41. The molecule has 3 aromatic rings. The minimum atomic E-state index is 0.0568. The molecule has 2 aromatic heterocycles. The average molecular weight is 366 g/mol. The topological polar surface area (TPSA) is 63.3 Å². The Morgan fingerprint density at radius 3 is 2.81 bits per heavy atom. The van der Waals surface area contributed by atoms with E-state index < -0.39 is 0 Å². The van der Waals surface area contributed by atoms with Gasteiger partial charge >= 0.3 is 0 Å². The van der Waals surface area contributed by atoms with Crippen molar-refractivity contribution in [2.24, 2.45) is 5.92 Å². The Bertz CT molecular complexity index is 892. The van der Waals surface area contributed by atoms with Crippen molar-refractivity contribution in [3.05, 3.63) is 54.2 Å². The number of hydrogen-bond donors (Lipinski definition) is 1. The number of hydrogen-bond acceptors (Lipinski definition) is 4. The maximum absolute atomic E-state index is 12.1. The van der Waals surface area contributed by atoms with E-state index in [1.165, 1.54) is 5.52 Å². The fraction of sp³-hybridized carbons (Fsp3) is 0.429. The number of fused-ring (bicyclic) bond motifs is 1. The van der Waals surface area contributed by atoms with E-state index in [0.717, 1.165) is 49.6 Å². The van der Waals surface area contributed by atoms with E-state index in [9.17, 15) is 4.79 Å². The number of piperidine rings is 1. The molecule has 6 heteroatoms. The van der Waals surface area contributed by atoms with Crippen LogP contribution in [-0.4, -0.2) is 40.0 Å². The lowest BCUT2D eigenvalue weighted by Gasteiger charge is -2.31. The number of nitrogens with one attached hydrogen (secondary N) is 1. The largest absolute Gasteiger partial charge is 0.467 e. The van der Waals surface area contributed by atoms with Crippen LogP contribution in [0.3, 0.4) is 0 Å². The first-order chi connectivity index (χ1) is 13.2. The normalized spacial score (nSPS) is 16.0. The Labute approximate surface area is 159 Å². The number of aryl methyl sites for hydroxylation is 1. The molecule has 1 aliphatic heterocycles. The molecule has 0 atom stereocenters. The molecule has 0 unspecified atom stereocenters. The SMILES string of the molecule is Cc1nc2ccccc2n1CC1CCN(CC(=O)NCc2ccco2)CC1. The van der Waals surface area contributed by atoms with Crippen LogP contribution in [0, 0.1) is 12.8 Å². The molecule has 1 aromatic carbocycles. The number of imidazole rings is 1. The third kappa shape index (κ3) is 4.22. The van der Waals surface area contributed by atoms with Gasteiger partial charge in [-0.2, -0.15) is 0 Å². The molecule has 4 rings (SSSR count). The second-order valence-corrected chi connectivity index (χ2v) is 7.33. The summed E-state index contributed by atoms with van der Waals surface area (Å²) >= 11 is 0. The number of amides is 1. The summed E-state index contributed by atoms with van der Waals surface area (Å²) in [5.41, 5.74) is 2.29. The zero-order valence-electron chi connectivity index (χ0n) is 15.7. The van der Waals surface area contributed by atoms with Gasteiger partial charge in [0.25, 0.3) is 0 Å². The summed E-state index contributed by atoms with van der Waals surface area (Å²) in [5, 5.41) is 2.92. The molecule has 0 aliphatic carbocycles. The second-order valence-electron chi connectivity index (χ2n) is 7.33. The highest BCUT2D eigenvalue weighted by Crippen LogP contribution is 2.23. The van der Waals surface area contributed by atoms with E-state index in [1.807, 2.05) is 18.2 Å². The van der Waals surface area contributed by atoms with Crippen molar-refractivity contribution >= 4 is 16.9 Å². The lowest BCUT2D eigenvalue weighted by atomic mass is 9.96. The number of aromatic nitrogens is 2. The fourth-order valence-corrected chi connectivity index (χ4v) is 3.87. The number of carbonyl (C=O) groups excluding carboxylic acids is 1. The van der Waals surface area contributed by atoms with E-state index >= 15 is 0 Å². The Morgan fingerprint density at radius 2 is 2.04 bits per heavy atom.